The van der Waals surface area contributed by atoms with E-state index in [1.54, 1.807) is 35.1 Å². The Hall–Kier alpha value is -3.26. The van der Waals surface area contributed by atoms with E-state index < -0.39 is 5.97 Å². The average Bonchev–Trinajstić information content (AvgIpc) is 3.22. The van der Waals surface area contributed by atoms with E-state index in [0.29, 0.717) is 29.6 Å². The highest BCUT2D eigenvalue weighted by Crippen LogP contribution is 2.15. The van der Waals surface area contributed by atoms with E-state index in [0.717, 1.165) is 10.4 Å². The van der Waals surface area contributed by atoms with E-state index in [1.165, 1.54) is 10.5 Å². The smallest absolute Gasteiger partial charge is 0.341 e. The van der Waals surface area contributed by atoms with Crippen molar-refractivity contribution in [2.24, 2.45) is 0 Å². The first-order chi connectivity index (χ1) is 14.0. The predicted molar refractivity (Wildman–Crippen MR) is 112 cm³/mol. The maximum atomic E-state index is 13.2. The number of pyridine rings is 2. The van der Waals surface area contributed by atoms with Gasteiger partial charge in [-0.1, -0.05) is 12.1 Å². The minimum absolute atomic E-state index is 0.00246. The lowest BCUT2D eigenvalue weighted by Gasteiger charge is -2.14. The van der Waals surface area contributed by atoms with Crippen LogP contribution in [0.4, 0.5) is 0 Å². The molecule has 8 heteroatoms. The quantitative estimate of drug-likeness (QED) is 0.406. The number of aryl methyl sites for hydroxylation is 3. The monoisotopic (exact) mass is 408 g/mol. The minimum atomic E-state index is -0.613. The molecule has 0 aliphatic heterocycles. The number of fused-ring (bicyclic) bond motifs is 2. The van der Waals surface area contributed by atoms with Crippen LogP contribution in [0.3, 0.4) is 0 Å². The van der Waals surface area contributed by atoms with Gasteiger partial charge in [-0.2, -0.15) is 0 Å². The van der Waals surface area contributed by atoms with Gasteiger partial charge in [-0.15, -0.1) is 11.3 Å². The zero-order valence-corrected chi connectivity index (χ0v) is 17.0. The van der Waals surface area contributed by atoms with Gasteiger partial charge in [0, 0.05) is 17.6 Å². The number of hydrogen-bond acceptors (Lipinski definition) is 6. The van der Waals surface area contributed by atoms with Crippen LogP contribution in [0.5, 0.6) is 0 Å². The SMILES string of the molecule is CCOC(=O)c1cc2c(=O)n3cccc(C)c3nc2n(CCc2cccs2)c1=N. The fourth-order valence-electron chi connectivity index (χ4n) is 3.36. The molecule has 0 amide bonds. The first-order valence-corrected chi connectivity index (χ1v) is 10.2. The van der Waals surface area contributed by atoms with Gasteiger partial charge in [-0.05, 0) is 49.4 Å². The van der Waals surface area contributed by atoms with E-state index >= 15 is 0 Å². The Morgan fingerprint density at radius 3 is 2.83 bits per heavy atom. The normalized spacial score (nSPS) is 11.2. The van der Waals surface area contributed by atoms with Gasteiger partial charge in [0.2, 0.25) is 0 Å². The average molecular weight is 408 g/mol. The number of rotatable bonds is 5. The molecule has 0 saturated heterocycles. The van der Waals surface area contributed by atoms with Crippen LogP contribution >= 0.6 is 11.3 Å². The first kappa shape index (κ1) is 19.1. The molecule has 0 spiro atoms. The highest BCUT2D eigenvalue weighted by atomic mass is 32.1. The largest absolute Gasteiger partial charge is 0.462 e. The van der Waals surface area contributed by atoms with Crippen LogP contribution < -0.4 is 11.0 Å². The van der Waals surface area contributed by atoms with Gasteiger partial charge in [0.05, 0.1) is 12.0 Å². The number of ether oxygens (including phenoxy) is 1. The van der Waals surface area contributed by atoms with Crippen molar-refractivity contribution < 1.29 is 9.53 Å². The second kappa shape index (κ2) is 7.63. The van der Waals surface area contributed by atoms with Gasteiger partial charge in [0.15, 0.2) is 0 Å². The van der Waals surface area contributed by atoms with Crippen LogP contribution in [-0.2, 0) is 17.7 Å². The summed E-state index contributed by atoms with van der Waals surface area (Å²) in [4.78, 5) is 31.5. The summed E-state index contributed by atoms with van der Waals surface area (Å²) in [6, 6.07) is 9.10. The number of nitrogens with zero attached hydrogens (tertiary/aromatic N) is 3. The molecule has 0 saturated carbocycles. The molecule has 0 atom stereocenters. The minimum Gasteiger partial charge on any atom is -0.462 e. The molecular weight excluding hydrogens is 388 g/mol. The lowest BCUT2D eigenvalue weighted by Crippen LogP contribution is -2.31. The third-order valence-corrected chi connectivity index (χ3v) is 5.73. The summed E-state index contributed by atoms with van der Waals surface area (Å²) in [5, 5.41) is 10.9. The van der Waals surface area contributed by atoms with E-state index in [1.807, 2.05) is 30.5 Å². The first-order valence-electron chi connectivity index (χ1n) is 9.31. The van der Waals surface area contributed by atoms with E-state index in [-0.39, 0.29) is 23.2 Å². The van der Waals surface area contributed by atoms with Crippen molar-refractivity contribution >= 4 is 34.0 Å². The van der Waals surface area contributed by atoms with E-state index in [9.17, 15) is 9.59 Å². The fourth-order valence-corrected chi connectivity index (χ4v) is 4.05. The second-order valence-corrected chi connectivity index (χ2v) is 7.68. The van der Waals surface area contributed by atoms with Crippen molar-refractivity contribution in [1.29, 1.82) is 5.41 Å². The topological polar surface area (TPSA) is 89.4 Å². The number of carbonyl (C=O) groups excluding carboxylic acids is 1. The third-order valence-electron chi connectivity index (χ3n) is 4.79. The van der Waals surface area contributed by atoms with Crippen LogP contribution in [0.1, 0.15) is 27.7 Å². The Bertz CT molecular complexity index is 1340. The lowest BCUT2D eigenvalue weighted by atomic mass is 10.2. The number of aromatic nitrogens is 3. The van der Waals surface area contributed by atoms with Crippen molar-refractivity contribution in [1.82, 2.24) is 14.0 Å². The Labute approximate surface area is 170 Å². The molecule has 7 nitrogen and oxygen atoms in total. The molecule has 4 heterocycles. The Morgan fingerprint density at radius 1 is 1.28 bits per heavy atom. The molecule has 0 aliphatic rings. The molecule has 0 aromatic carbocycles. The number of thiophene rings is 1. The fraction of sp³-hybridized carbons (Fsp3) is 0.238. The van der Waals surface area contributed by atoms with Gasteiger partial charge in [-0.3, -0.25) is 14.6 Å². The summed E-state index contributed by atoms with van der Waals surface area (Å²) >= 11 is 1.63. The van der Waals surface area contributed by atoms with Crippen LogP contribution in [0.15, 0.2) is 46.7 Å². The zero-order chi connectivity index (χ0) is 20.5. The highest BCUT2D eigenvalue weighted by molar-refractivity contribution is 7.09. The maximum Gasteiger partial charge on any atom is 0.341 e. The molecule has 0 bridgehead atoms. The molecule has 29 heavy (non-hydrogen) atoms. The molecule has 0 radical (unpaired) electrons. The summed E-state index contributed by atoms with van der Waals surface area (Å²) in [5.74, 6) is -0.613. The van der Waals surface area contributed by atoms with Gasteiger partial charge in [0.25, 0.3) is 5.56 Å². The number of esters is 1. The summed E-state index contributed by atoms with van der Waals surface area (Å²) in [6.07, 6.45) is 2.33. The van der Waals surface area contributed by atoms with Gasteiger partial charge < -0.3 is 9.30 Å². The summed E-state index contributed by atoms with van der Waals surface area (Å²) in [7, 11) is 0. The van der Waals surface area contributed by atoms with Crippen molar-refractivity contribution in [3.63, 3.8) is 0 Å². The zero-order valence-electron chi connectivity index (χ0n) is 16.1. The Balaban J connectivity index is 2.02. The number of hydrogen-bond donors (Lipinski definition) is 1. The predicted octanol–water partition coefficient (Wildman–Crippen LogP) is 2.92. The summed E-state index contributed by atoms with van der Waals surface area (Å²) in [6.45, 7) is 4.22. The molecule has 1 N–H and O–H groups in total. The maximum absolute atomic E-state index is 13.2. The second-order valence-electron chi connectivity index (χ2n) is 6.65. The van der Waals surface area contributed by atoms with Crippen LogP contribution in [0.25, 0.3) is 16.7 Å². The van der Waals surface area contributed by atoms with Crippen LogP contribution in [-0.4, -0.2) is 26.5 Å². The van der Waals surface area contributed by atoms with Crippen LogP contribution in [0.2, 0.25) is 0 Å². The number of carbonyl (C=O) groups is 1. The highest BCUT2D eigenvalue weighted by Gasteiger charge is 2.18. The van der Waals surface area contributed by atoms with Crippen LogP contribution in [0, 0.1) is 12.3 Å². The van der Waals surface area contributed by atoms with Gasteiger partial charge in [0.1, 0.15) is 22.3 Å². The molecule has 0 fully saturated rings. The summed E-state index contributed by atoms with van der Waals surface area (Å²) in [5.41, 5.74) is 1.59. The molecule has 0 unspecified atom stereocenters. The van der Waals surface area contributed by atoms with Crippen molar-refractivity contribution in [3.05, 3.63) is 73.8 Å². The van der Waals surface area contributed by atoms with Gasteiger partial charge >= 0.3 is 5.97 Å². The molecule has 148 valence electrons. The van der Waals surface area contributed by atoms with E-state index in [4.69, 9.17) is 15.1 Å². The Kier molecular flexibility index (Phi) is 5.02. The standard InChI is InChI=1S/C21H20N4O3S/c1-3-28-21(27)15-12-16-19(23-18-13(2)6-4-9-25(18)20(16)26)24(17(15)22)10-8-14-7-5-11-29-14/h4-7,9,11-12,22H,3,8,10H2,1-2H3. The van der Waals surface area contributed by atoms with Crippen molar-refractivity contribution in [2.45, 2.75) is 26.8 Å². The van der Waals surface area contributed by atoms with E-state index in [2.05, 4.69) is 0 Å². The Morgan fingerprint density at radius 2 is 2.10 bits per heavy atom. The lowest BCUT2D eigenvalue weighted by molar-refractivity contribution is 0.0523. The molecule has 0 aliphatic carbocycles. The molecule has 4 rings (SSSR count). The third kappa shape index (κ3) is 3.36. The van der Waals surface area contributed by atoms with Crippen molar-refractivity contribution in [3.8, 4) is 0 Å². The van der Waals surface area contributed by atoms with Crippen molar-refractivity contribution in [2.75, 3.05) is 6.61 Å². The molecule has 4 aromatic heterocycles. The summed E-state index contributed by atoms with van der Waals surface area (Å²) < 4.78 is 8.22. The molecule has 4 aromatic rings. The number of nitrogens with one attached hydrogen (secondary N) is 1. The van der Waals surface area contributed by atoms with Gasteiger partial charge in [-0.25, -0.2) is 9.78 Å². The molecular formula is C21H20N4O3S.